The first-order valence-corrected chi connectivity index (χ1v) is 6.59. The van der Waals surface area contributed by atoms with Gasteiger partial charge in [0, 0.05) is 0 Å². The number of fused-ring (bicyclic) bond motifs is 1. The maximum atomic E-state index is 13.3. The van der Waals surface area contributed by atoms with Crippen LogP contribution in [0.15, 0.2) is 42.5 Å². The predicted molar refractivity (Wildman–Crippen MR) is 76.5 cm³/mol. The zero-order valence-corrected chi connectivity index (χ0v) is 11.5. The molecular weight excluding hydrogens is 289 g/mol. The number of carbonyl (C=O) groups excluding carboxylic acids is 1. The normalized spacial score (nSPS) is 13.5. The van der Waals surface area contributed by atoms with Crippen molar-refractivity contribution in [2.45, 2.75) is 6.54 Å². The molecule has 0 radical (unpaired) electrons. The summed E-state index contributed by atoms with van der Waals surface area (Å²) in [5.74, 6) is -1.38. The first kappa shape index (κ1) is 14.1. The lowest BCUT2D eigenvalue weighted by atomic mass is 10.1. The molecule has 22 heavy (non-hydrogen) atoms. The quantitative estimate of drug-likeness (QED) is 0.945. The fourth-order valence-corrected chi connectivity index (χ4v) is 2.33. The molecule has 5 nitrogen and oxygen atoms in total. The largest absolute Gasteiger partial charge is 0.482 e. The first-order valence-electron chi connectivity index (χ1n) is 6.59. The molecule has 1 amide bonds. The highest BCUT2D eigenvalue weighted by molar-refractivity contribution is 5.99. The van der Waals surface area contributed by atoms with Gasteiger partial charge in [0.05, 0.1) is 17.8 Å². The summed E-state index contributed by atoms with van der Waals surface area (Å²) in [5, 5.41) is 8.99. The van der Waals surface area contributed by atoms with Gasteiger partial charge >= 0.3 is 5.97 Å². The van der Waals surface area contributed by atoms with E-state index in [-0.39, 0.29) is 30.4 Å². The van der Waals surface area contributed by atoms with Crippen LogP contribution in [-0.4, -0.2) is 23.6 Å². The smallest absolute Gasteiger partial charge is 0.335 e. The zero-order valence-electron chi connectivity index (χ0n) is 11.5. The Morgan fingerprint density at radius 2 is 2.09 bits per heavy atom. The van der Waals surface area contributed by atoms with E-state index < -0.39 is 5.97 Å². The van der Waals surface area contributed by atoms with E-state index in [1.54, 1.807) is 12.1 Å². The minimum atomic E-state index is -1.07. The third-order valence-corrected chi connectivity index (χ3v) is 3.38. The summed E-state index contributed by atoms with van der Waals surface area (Å²) < 4.78 is 18.6. The molecule has 1 aliphatic rings. The number of halogens is 1. The van der Waals surface area contributed by atoms with Crippen molar-refractivity contribution in [2.24, 2.45) is 0 Å². The van der Waals surface area contributed by atoms with E-state index in [4.69, 9.17) is 9.84 Å². The summed E-state index contributed by atoms with van der Waals surface area (Å²) in [7, 11) is 0. The van der Waals surface area contributed by atoms with Gasteiger partial charge in [0.2, 0.25) is 0 Å². The summed E-state index contributed by atoms with van der Waals surface area (Å²) in [6, 6.07) is 10.3. The number of nitrogens with zero attached hydrogens (tertiary/aromatic N) is 1. The van der Waals surface area contributed by atoms with Crippen LogP contribution in [0.4, 0.5) is 10.1 Å². The van der Waals surface area contributed by atoms with Crippen molar-refractivity contribution in [2.75, 3.05) is 11.5 Å². The van der Waals surface area contributed by atoms with Gasteiger partial charge in [-0.1, -0.05) is 12.1 Å². The molecule has 6 heteroatoms. The number of anilines is 1. The number of carboxylic acids is 1. The number of aromatic carboxylic acids is 1. The third kappa shape index (κ3) is 2.63. The van der Waals surface area contributed by atoms with Crippen LogP contribution >= 0.6 is 0 Å². The second kappa shape index (κ2) is 5.48. The van der Waals surface area contributed by atoms with E-state index >= 15 is 0 Å². The molecule has 112 valence electrons. The Morgan fingerprint density at radius 1 is 1.27 bits per heavy atom. The second-order valence-corrected chi connectivity index (χ2v) is 4.89. The Hall–Kier alpha value is -2.89. The average Bonchev–Trinajstić information content (AvgIpc) is 2.49. The van der Waals surface area contributed by atoms with Gasteiger partial charge in [-0.25, -0.2) is 9.18 Å². The van der Waals surface area contributed by atoms with Crippen molar-refractivity contribution >= 4 is 17.6 Å². The van der Waals surface area contributed by atoms with Crippen LogP contribution in [0.1, 0.15) is 15.9 Å². The molecule has 1 N–H and O–H groups in total. The highest BCUT2D eigenvalue weighted by Gasteiger charge is 2.26. The van der Waals surface area contributed by atoms with Gasteiger partial charge in [-0.3, -0.25) is 4.79 Å². The van der Waals surface area contributed by atoms with E-state index in [2.05, 4.69) is 0 Å². The van der Waals surface area contributed by atoms with Gasteiger partial charge in [0.25, 0.3) is 5.91 Å². The molecule has 1 aliphatic heterocycles. The summed E-state index contributed by atoms with van der Waals surface area (Å²) in [5.41, 5.74) is 1.20. The van der Waals surface area contributed by atoms with Crippen molar-refractivity contribution in [1.29, 1.82) is 0 Å². The summed E-state index contributed by atoms with van der Waals surface area (Å²) in [4.78, 5) is 24.5. The summed E-state index contributed by atoms with van der Waals surface area (Å²) >= 11 is 0. The monoisotopic (exact) mass is 301 g/mol. The van der Waals surface area contributed by atoms with E-state index in [9.17, 15) is 14.0 Å². The lowest BCUT2D eigenvalue weighted by molar-refractivity contribution is -0.121. The second-order valence-electron chi connectivity index (χ2n) is 4.89. The minimum Gasteiger partial charge on any atom is -0.482 e. The number of hydrogen-bond donors (Lipinski definition) is 1. The Kier molecular flexibility index (Phi) is 3.50. The van der Waals surface area contributed by atoms with Crippen molar-refractivity contribution in [1.82, 2.24) is 0 Å². The van der Waals surface area contributed by atoms with Crippen molar-refractivity contribution in [3.63, 3.8) is 0 Å². The Balaban J connectivity index is 1.95. The fourth-order valence-electron chi connectivity index (χ4n) is 2.33. The Bertz CT molecular complexity index is 760. The standard InChI is InChI=1S/C16H12FNO4/c17-12-3-1-2-10(6-12)8-18-13-5-4-11(16(20)21)7-14(13)22-9-15(18)19/h1-7H,8-9H2,(H,20,21). The van der Waals surface area contributed by atoms with E-state index in [0.29, 0.717) is 17.0 Å². The Morgan fingerprint density at radius 3 is 2.82 bits per heavy atom. The number of rotatable bonds is 3. The van der Waals surface area contributed by atoms with Crippen LogP contribution < -0.4 is 9.64 Å². The van der Waals surface area contributed by atoms with Crippen molar-refractivity contribution < 1.29 is 23.8 Å². The molecule has 0 unspecified atom stereocenters. The number of carbonyl (C=O) groups is 2. The molecule has 0 fully saturated rings. The number of ether oxygens (including phenoxy) is 1. The molecule has 2 aromatic carbocycles. The van der Waals surface area contributed by atoms with Crippen LogP contribution in [0.25, 0.3) is 0 Å². The van der Waals surface area contributed by atoms with Gasteiger partial charge in [-0.05, 0) is 35.9 Å². The average molecular weight is 301 g/mol. The van der Waals surface area contributed by atoms with E-state index in [1.807, 2.05) is 0 Å². The number of benzene rings is 2. The molecule has 3 rings (SSSR count). The lowest BCUT2D eigenvalue weighted by Gasteiger charge is -2.29. The topological polar surface area (TPSA) is 66.8 Å². The molecular formula is C16H12FNO4. The van der Waals surface area contributed by atoms with Crippen LogP contribution in [0.2, 0.25) is 0 Å². The van der Waals surface area contributed by atoms with Crippen LogP contribution in [0.3, 0.4) is 0 Å². The van der Waals surface area contributed by atoms with Crippen molar-refractivity contribution in [3.05, 3.63) is 59.4 Å². The number of amides is 1. The Labute approximate surface area is 125 Å². The van der Waals surface area contributed by atoms with Crippen LogP contribution in [-0.2, 0) is 11.3 Å². The fraction of sp³-hybridized carbons (Fsp3) is 0.125. The molecule has 0 aromatic heterocycles. The first-order chi connectivity index (χ1) is 10.5. The number of carboxylic acid groups (broad SMARTS) is 1. The molecule has 0 spiro atoms. The summed E-state index contributed by atoms with van der Waals surface area (Å²) in [6.07, 6.45) is 0. The zero-order chi connectivity index (χ0) is 15.7. The lowest BCUT2D eigenvalue weighted by Crippen LogP contribution is -2.38. The van der Waals surface area contributed by atoms with Crippen LogP contribution in [0, 0.1) is 5.82 Å². The minimum absolute atomic E-state index is 0.0822. The van der Waals surface area contributed by atoms with Gasteiger partial charge in [-0.2, -0.15) is 0 Å². The van der Waals surface area contributed by atoms with Gasteiger partial charge in [-0.15, -0.1) is 0 Å². The van der Waals surface area contributed by atoms with Crippen molar-refractivity contribution in [3.8, 4) is 5.75 Å². The van der Waals surface area contributed by atoms with Gasteiger partial charge in [0.1, 0.15) is 11.6 Å². The van der Waals surface area contributed by atoms with E-state index in [0.717, 1.165) is 0 Å². The van der Waals surface area contributed by atoms with Gasteiger partial charge < -0.3 is 14.7 Å². The number of hydrogen-bond acceptors (Lipinski definition) is 3. The molecule has 0 saturated heterocycles. The molecule has 0 bridgehead atoms. The molecule has 1 heterocycles. The third-order valence-electron chi connectivity index (χ3n) is 3.38. The molecule has 0 aliphatic carbocycles. The van der Waals surface area contributed by atoms with Gasteiger partial charge in [0.15, 0.2) is 6.61 Å². The van der Waals surface area contributed by atoms with E-state index in [1.165, 1.54) is 35.2 Å². The molecule has 0 saturated carbocycles. The molecule has 0 atom stereocenters. The predicted octanol–water partition coefficient (Wildman–Crippen LogP) is 2.45. The molecule has 2 aromatic rings. The summed E-state index contributed by atoms with van der Waals surface area (Å²) in [6.45, 7) is 0.0186. The highest BCUT2D eigenvalue weighted by atomic mass is 19.1. The maximum absolute atomic E-state index is 13.3. The highest BCUT2D eigenvalue weighted by Crippen LogP contribution is 2.34. The maximum Gasteiger partial charge on any atom is 0.335 e. The van der Waals surface area contributed by atoms with Crippen LogP contribution in [0.5, 0.6) is 5.75 Å². The SMILES string of the molecule is O=C(O)c1ccc2c(c1)OCC(=O)N2Cc1cccc(F)c1.